The van der Waals surface area contributed by atoms with Gasteiger partial charge in [0.2, 0.25) is 5.91 Å². The Balaban J connectivity index is 1.38. The molecule has 0 bridgehead atoms. The Bertz CT molecular complexity index is 1220. The van der Waals surface area contributed by atoms with Crippen molar-refractivity contribution in [1.82, 2.24) is 9.88 Å². The Labute approximate surface area is 188 Å². The first kappa shape index (κ1) is 21.6. The zero-order valence-electron chi connectivity index (χ0n) is 17.3. The first-order chi connectivity index (χ1) is 15.5. The van der Waals surface area contributed by atoms with E-state index in [9.17, 15) is 14.0 Å². The standard InChI is InChI=1S/C24H21FN4O2S/c1-29(15-23-28-20-8-4-5-9-21(20)32-23)14-22(30)27-19-7-3-2-6-18(19)24(31)26-17-12-10-16(25)11-13-17/h2-13H,14-15H2,1H3,(H,26,31)(H,27,30). The number of aromatic nitrogens is 1. The van der Waals surface area contributed by atoms with Crippen molar-refractivity contribution >= 4 is 44.7 Å². The molecule has 6 nitrogen and oxygen atoms in total. The summed E-state index contributed by atoms with van der Waals surface area (Å²) < 4.78 is 14.2. The molecule has 1 heterocycles. The van der Waals surface area contributed by atoms with Gasteiger partial charge in [0.25, 0.3) is 5.91 Å². The molecular formula is C24H21FN4O2S. The maximum absolute atomic E-state index is 13.1. The molecule has 0 radical (unpaired) electrons. The first-order valence-electron chi connectivity index (χ1n) is 9.97. The van der Waals surface area contributed by atoms with Crippen molar-refractivity contribution in [3.8, 4) is 0 Å². The lowest BCUT2D eigenvalue weighted by Crippen LogP contribution is -2.30. The second-order valence-electron chi connectivity index (χ2n) is 7.30. The van der Waals surface area contributed by atoms with Gasteiger partial charge in [-0.25, -0.2) is 9.37 Å². The number of thiazole rings is 1. The number of carbonyl (C=O) groups is 2. The molecule has 0 aliphatic rings. The maximum atomic E-state index is 13.1. The zero-order valence-corrected chi connectivity index (χ0v) is 18.2. The fourth-order valence-corrected chi connectivity index (χ4v) is 4.28. The summed E-state index contributed by atoms with van der Waals surface area (Å²) in [5.41, 5.74) is 2.14. The quantitative estimate of drug-likeness (QED) is 0.428. The molecule has 2 amide bonds. The average molecular weight is 449 g/mol. The summed E-state index contributed by atoms with van der Waals surface area (Å²) in [5, 5.41) is 6.45. The van der Waals surface area contributed by atoms with E-state index in [1.54, 1.807) is 35.6 Å². The smallest absolute Gasteiger partial charge is 0.257 e. The third kappa shape index (κ3) is 5.35. The SMILES string of the molecule is CN(CC(=O)Nc1ccccc1C(=O)Nc1ccc(F)cc1)Cc1nc2ccccc2s1. The van der Waals surface area contributed by atoms with E-state index in [0.29, 0.717) is 23.5 Å². The Morgan fingerprint density at radius 3 is 2.47 bits per heavy atom. The van der Waals surface area contributed by atoms with Gasteiger partial charge in [-0.05, 0) is 55.6 Å². The molecule has 162 valence electrons. The van der Waals surface area contributed by atoms with E-state index in [0.717, 1.165) is 15.2 Å². The van der Waals surface area contributed by atoms with Gasteiger partial charge in [-0.3, -0.25) is 14.5 Å². The number of hydrogen-bond acceptors (Lipinski definition) is 5. The summed E-state index contributed by atoms with van der Waals surface area (Å²) in [6.07, 6.45) is 0. The van der Waals surface area contributed by atoms with Gasteiger partial charge >= 0.3 is 0 Å². The number of hydrogen-bond donors (Lipinski definition) is 2. The number of likely N-dealkylation sites (N-methyl/N-ethyl adjacent to an activating group) is 1. The number of anilines is 2. The molecule has 32 heavy (non-hydrogen) atoms. The van der Waals surface area contributed by atoms with E-state index >= 15 is 0 Å². The van der Waals surface area contributed by atoms with Crippen LogP contribution in [-0.4, -0.2) is 35.3 Å². The van der Waals surface area contributed by atoms with Crippen molar-refractivity contribution in [2.24, 2.45) is 0 Å². The lowest BCUT2D eigenvalue weighted by molar-refractivity contribution is -0.117. The number of carbonyl (C=O) groups excluding carboxylic acids is 2. The second kappa shape index (κ2) is 9.67. The molecule has 0 spiro atoms. The fourth-order valence-electron chi connectivity index (χ4n) is 3.23. The van der Waals surface area contributed by atoms with Gasteiger partial charge in [-0.2, -0.15) is 0 Å². The molecule has 0 saturated heterocycles. The van der Waals surface area contributed by atoms with Crippen molar-refractivity contribution < 1.29 is 14.0 Å². The molecule has 0 aliphatic heterocycles. The molecule has 0 fully saturated rings. The van der Waals surface area contributed by atoms with E-state index in [1.807, 2.05) is 36.2 Å². The van der Waals surface area contributed by atoms with E-state index in [4.69, 9.17) is 0 Å². The highest BCUT2D eigenvalue weighted by molar-refractivity contribution is 7.18. The highest BCUT2D eigenvalue weighted by Crippen LogP contribution is 2.22. The van der Waals surface area contributed by atoms with E-state index in [1.165, 1.54) is 24.3 Å². The van der Waals surface area contributed by atoms with Crippen molar-refractivity contribution in [2.45, 2.75) is 6.54 Å². The number of nitrogens with one attached hydrogen (secondary N) is 2. The number of benzene rings is 3. The summed E-state index contributed by atoms with van der Waals surface area (Å²) in [4.78, 5) is 31.8. The minimum absolute atomic E-state index is 0.143. The van der Waals surface area contributed by atoms with Crippen LogP contribution in [0.2, 0.25) is 0 Å². The Morgan fingerprint density at radius 2 is 1.69 bits per heavy atom. The molecule has 0 saturated carbocycles. The average Bonchev–Trinajstić information content (AvgIpc) is 3.17. The zero-order chi connectivity index (χ0) is 22.5. The van der Waals surface area contributed by atoms with E-state index in [-0.39, 0.29) is 18.3 Å². The van der Waals surface area contributed by atoms with Gasteiger partial charge < -0.3 is 10.6 Å². The van der Waals surface area contributed by atoms with Crippen LogP contribution in [0.1, 0.15) is 15.4 Å². The van der Waals surface area contributed by atoms with Crippen LogP contribution in [0.5, 0.6) is 0 Å². The van der Waals surface area contributed by atoms with Crippen LogP contribution < -0.4 is 10.6 Å². The molecule has 0 atom stereocenters. The van der Waals surface area contributed by atoms with Gasteiger partial charge in [0, 0.05) is 5.69 Å². The van der Waals surface area contributed by atoms with Crippen LogP contribution in [0.25, 0.3) is 10.2 Å². The van der Waals surface area contributed by atoms with Crippen molar-refractivity contribution in [3.63, 3.8) is 0 Å². The molecule has 0 unspecified atom stereocenters. The fraction of sp³-hybridized carbons (Fsp3) is 0.125. The molecule has 1 aromatic heterocycles. The van der Waals surface area contributed by atoms with Crippen molar-refractivity contribution in [2.75, 3.05) is 24.2 Å². The number of halogens is 1. The van der Waals surface area contributed by atoms with Gasteiger partial charge in [-0.15, -0.1) is 11.3 Å². The topological polar surface area (TPSA) is 74.3 Å². The lowest BCUT2D eigenvalue weighted by atomic mass is 10.1. The van der Waals surface area contributed by atoms with Crippen LogP contribution in [0.3, 0.4) is 0 Å². The Kier molecular flexibility index (Phi) is 6.53. The number of fused-ring (bicyclic) bond motifs is 1. The second-order valence-corrected chi connectivity index (χ2v) is 8.42. The largest absolute Gasteiger partial charge is 0.324 e. The number of para-hydroxylation sites is 2. The summed E-state index contributed by atoms with van der Waals surface area (Å²) in [6, 6.07) is 20.2. The van der Waals surface area contributed by atoms with Crippen LogP contribution in [-0.2, 0) is 11.3 Å². The van der Waals surface area contributed by atoms with Crippen LogP contribution in [0.4, 0.5) is 15.8 Å². The molecule has 2 N–H and O–H groups in total. The van der Waals surface area contributed by atoms with Crippen LogP contribution >= 0.6 is 11.3 Å². The van der Waals surface area contributed by atoms with Crippen molar-refractivity contribution in [1.29, 1.82) is 0 Å². The van der Waals surface area contributed by atoms with Gasteiger partial charge in [0.1, 0.15) is 10.8 Å². The highest BCUT2D eigenvalue weighted by Gasteiger charge is 2.15. The maximum Gasteiger partial charge on any atom is 0.257 e. The monoisotopic (exact) mass is 448 g/mol. The lowest BCUT2D eigenvalue weighted by Gasteiger charge is -2.16. The summed E-state index contributed by atoms with van der Waals surface area (Å²) >= 11 is 1.60. The van der Waals surface area contributed by atoms with Crippen LogP contribution in [0.15, 0.2) is 72.8 Å². The Hall–Kier alpha value is -3.62. The molecule has 0 aliphatic carbocycles. The Morgan fingerprint density at radius 1 is 0.969 bits per heavy atom. The number of rotatable bonds is 7. The van der Waals surface area contributed by atoms with Crippen LogP contribution in [0, 0.1) is 5.82 Å². The summed E-state index contributed by atoms with van der Waals surface area (Å²) in [5.74, 6) is -1.02. The molecular weight excluding hydrogens is 427 g/mol. The third-order valence-corrected chi connectivity index (χ3v) is 5.73. The molecule has 4 aromatic rings. The van der Waals surface area contributed by atoms with E-state index in [2.05, 4.69) is 15.6 Å². The van der Waals surface area contributed by atoms with Crippen molar-refractivity contribution in [3.05, 3.63) is 89.2 Å². The van der Waals surface area contributed by atoms with E-state index < -0.39 is 5.91 Å². The molecule has 3 aromatic carbocycles. The predicted octanol–water partition coefficient (Wildman–Crippen LogP) is 4.76. The summed E-state index contributed by atoms with van der Waals surface area (Å²) in [7, 11) is 1.85. The minimum Gasteiger partial charge on any atom is -0.324 e. The number of amides is 2. The van der Waals surface area contributed by atoms with Gasteiger partial charge in [0.15, 0.2) is 0 Å². The van der Waals surface area contributed by atoms with Gasteiger partial charge in [-0.1, -0.05) is 24.3 Å². The normalized spacial score (nSPS) is 11.0. The molecule has 8 heteroatoms. The minimum atomic E-state index is -0.393. The first-order valence-corrected chi connectivity index (χ1v) is 10.8. The number of nitrogens with zero attached hydrogens (tertiary/aromatic N) is 2. The third-order valence-electron chi connectivity index (χ3n) is 4.70. The van der Waals surface area contributed by atoms with Gasteiger partial charge in [0.05, 0.1) is 34.6 Å². The highest BCUT2D eigenvalue weighted by atomic mass is 32.1. The molecule has 4 rings (SSSR count). The summed E-state index contributed by atoms with van der Waals surface area (Å²) in [6.45, 7) is 0.684. The predicted molar refractivity (Wildman–Crippen MR) is 125 cm³/mol.